The first-order valence-electron chi connectivity index (χ1n) is 17.7. The Morgan fingerprint density at radius 3 is 1.72 bits per heavy atom. The van der Waals surface area contributed by atoms with Gasteiger partial charge in [0, 0.05) is 10.8 Å². The number of fused-ring (bicyclic) bond motifs is 6. The van der Waals surface area contributed by atoms with Crippen molar-refractivity contribution in [2.45, 2.75) is 0 Å². The largest absolute Gasteiger partial charge is 0.456 e. The van der Waals surface area contributed by atoms with Crippen LogP contribution in [0, 0.1) is 0 Å². The fraction of sp³-hybridized carbons (Fsp3) is 0. The van der Waals surface area contributed by atoms with Gasteiger partial charge in [0.2, 0.25) is 0 Å². The topological polar surface area (TPSA) is 13.1 Å². The van der Waals surface area contributed by atoms with Crippen LogP contribution in [0.3, 0.4) is 0 Å². The first kappa shape index (κ1) is 18.0. The van der Waals surface area contributed by atoms with E-state index in [1.807, 2.05) is 66.7 Å². The monoisotopic (exact) mass is 553 g/mol. The molecular weight excluding hydrogens is 520 g/mol. The lowest BCUT2D eigenvalue weighted by atomic mass is 9.83. The molecular formula is C42H26O. The molecule has 1 nitrogen and oxygen atoms in total. The third-order valence-electron chi connectivity index (χ3n) is 8.37. The van der Waals surface area contributed by atoms with Gasteiger partial charge in [-0.2, -0.15) is 0 Å². The molecule has 0 saturated heterocycles. The van der Waals surface area contributed by atoms with E-state index in [1.54, 1.807) is 0 Å². The molecule has 0 unspecified atom stereocenters. The zero-order valence-corrected chi connectivity index (χ0v) is 22.9. The van der Waals surface area contributed by atoms with Crippen LogP contribution >= 0.6 is 0 Å². The van der Waals surface area contributed by atoms with Gasteiger partial charge in [0.1, 0.15) is 11.2 Å². The van der Waals surface area contributed by atoms with Crippen molar-refractivity contribution in [3.05, 3.63) is 158 Å². The van der Waals surface area contributed by atoms with Crippen molar-refractivity contribution in [3.63, 3.8) is 0 Å². The number of benzene rings is 8. The Balaban J connectivity index is 1.50. The van der Waals surface area contributed by atoms with Gasteiger partial charge in [-0.15, -0.1) is 0 Å². The molecule has 0 fully saturated rings. The summed E-state index contributed by atoms with van der Waals surface area (Å²) in [5, 5.41) is 5.96. The summed E-state index contributed by atoms with van der Waals surface area (Å²) in [4.78, 5) is 0. The van der Waals surface area contributed by atoms with Gasteiger partial charge in [-0.05, 0) is 89.9 Å². The highest BCUT2D eigenvalue weighted by Gasteiger charge is 2.21. The first-order chi connectivity index (χ1) is 24.3. The van der Waals surface area contributed by atoms with Crippen molar-refractivity contribution in [1.29, 1.82) is 0 Å². The quantitative estimate of drug-likeness (QED) is 0.198. The van der Waals surface area contributed by atoms with Gasteiger partial charge in [-0.1, -0.05) is 133 Å². The summed E-state index contributed by atoms with van der Waals surface area (Å²) >= 11 is 0. The third-order valence-corrected chi connectivity index (χ3v) is 8.37. The molecule has 0 amide bonds. The first-order valence-corrected chi connectivity index (χ1v) is 14.2. The molecule has 1 heteroatoms. The van der Waals surface area contributed by atoms with E-state index in [-0.39, 0.29) is 52.2 Å². The summed E-state index contributed by atoms with van der Waals surface area (Å²) in [5.41, 5.74) is 5.04. The Morgan fingerprint density at radius 1 is 0.419 bits per heavy atom. The maximum absolute atomic E-state index is 9.35. The predicted molar refractivity (Wildman–Crippen MR) is 183 cm³/mol. The molecule has 0 radical (unpaired) electrons. The second-order valence-corrected chi connectivity index (χ2v) is 10.7. The second kappa shape index (κ2) is 9.44. The van der Waals surface area contributed by atoms with Crippen LogP contribution in [-0.4, -0.2) is 0 Å². The van der Waals surface area contributed by atoms with Crippen LogP contribution in [0.5, 0.6) is 0 Å². The molecule has 0 aliphatic carbocycles. The molecule has 0 aliphatic heterocycles. The molecule has 1 aromatic heterocycles. The number of hydrogen-bond acceptors (Lipinski definition) is 1. The molecule has 43 heavy (non-hydrogen) atoms. The SMILES string of the molecule is [2H]c1c([2H])c([2H])c2c(oc3c([2H])c([2H])c([2H])c(-c4c5ccccc5c(-c5cc(-c6ccccc6)cc6ccccc56)c5ccccc45)c32)c1[2H]. The Bertz CT molecular complexity index is 2840. The maximum Gasteiger partial charge on any atom is 0.136 e. The van der Waals surface area contributed by atoms with E-state index in [1.165, 1.54) is 0 Å². The predicted octanol–water partition coefficient (Wildman–Crippen LogP) is 12.0. The average molecular weight is 554 g/mol. The van der Waals surface area contributed by atoms with E-state index in [4.69, 9.17) is 12.6 Å². The number of hydrogen-bond donors (Lipinski definition) is 0. The third kappa shape index (κ3) is 3.65. The smallest absolute Gasteiger partial charge is 0.136 e. The molecule has 0 N–H and O–H groups in total. The molecule has 0 saturated carbocycles. The van der Waals surface area contributed by atoms with Gasteiger partial charge in [0.25, 0.3) is 0 Å². The minimum atomic E-state index is -0.447. The van der Waals surface area contributed by atoms with Crippen molar-refractivity contribution in [2.24, 2.45) is 0 Å². The maximum atomic E-state index is 9.35. The van der Waals surface area contributed by atoms with Crippen LogP contribution < -0.4 is 0 Å². The van der Waals surface area contributed by atoms with Crippen LogP contribution in [0.2, 0.25) is 0 Å². The van der Waals surface area contributed by atoms with E-state index >= 15 is 0 Å². The Morgan fingerprint density at radius 2 is 1.00 bits per heavy atom. The summed E-state index contributed by atoms with van der Waals surface area (Å²) in [7, 11) is 0. The van der Waals surface area contributed by atoms with Crippen molar-refractivity contribution in [3.8, 4) is 33.4 Å². The van der Waals surface area contributed by atoms with Crippen molar-refractivity contribution >= 4 is 54.3 Å². The highest BCUT2D eigenvalue weighted by molar-refractivity contribution is 6.27. The average Bonchev–Trinajstić information content (AvgIpc) is 3.56. The molecule has 0 bridgehead atoms. The highest BCUT2D eigenvalue weighted by atomic mass is 16.3. The number of para-hydroxylation sites is 1. The minimum absolute atomic E-state index is 0.0400. The molecule has 0 atom stereocenters. The molecule has 8 aromatic carbocycles. The Hall–Kier alpha value is -5.66. The van der Waals surface area contributed by atoms with Crippen LogP contribution in [0.15, 0.2) is 162 Å². The van der Waals surface area contributed by atoms with Gasteiger partial charge in [0.15, 0.2) is 0 Å². The molecule has 1 heterocycles. The van der Waals surface area contributed by atoms with Crippen LogP contribution in [-0.2, 0) is 0 Å². The number of rotatable bonds is 3. The molecule has 0 aliphatic rings. The summed E-state index contributed by atoms with van der Waals surface area (Å²) in [6, 6.07) is 36.5. The lowest BCUT2D eigenvalue weighted by molar-refractivity contribution is 0.669. The normalized spacial score (nSPS) is 14.0. The van der Waals surface area contributed by atoms with Crippen LogP contribution in [0.25, 0.3) is 87.6 Å². The lowest BCUT2D eigenvalue weighted by Gasteiger charge is -2.20. The summed E-state index contributed by atoms with van der Waals surface area (Å²) in [6.45, 7) is 0. The fourth-order valence-corrected chi connectivity index (χ4v) is 6.55. The van der Waals surface area contributed by atoms with E-state index in [0.717, 1.165) is 54.6 Å². The molecule has 9 rings (SSSR count). The molecule has 200 valence electrons. The standard InChI is InChI=1S/C42H26O/c1-2-13-27(14-3-1)29-25-28-15-4-5-16-30(28)37(26-29)41-33-19-8-6-17-31(33)40(32-18-7-9-20-34(32)41)36-22-12-24-39-42(36)35-21-10-11-23-38(35)43-39/h1-26H/i10D,11D,12D,21D,22D,23D,24D. The van der Waals surface area contributed by atoms with Crippen LogP contribution in [0.1, 0.15) is 9.60 Å². The van der Waals surface area contributed by atoms with Gasteiger partial charge < -0.3 is 4.42 Å². The summed E-state index contributed by atoms with van der Waals surface area (Å²) < 4.78 is 67.3. The van der Waals surface area contributed by atoms with E-state index in [0.29, 0.717) is 11.1 Å². The lowest BCUT2D eigenvalue weighted by Crippen LogP contribution is -1.93. The van der Waals surface area contributed by atoms with Crippen LogP contribution in [0.4, 0.5) is 0 Å². The second-order valence-electron chi connectivity index (χ2n) is 10.7. The summed E-state index contributed by atoms with van der Waals surface area (Å²) in [6.07, 6.45) is 0. The van der Waals surface area contributed by atoms with E-state index in [9.17, 15) is 1.37 Å². The Labute approximate surface area is 259 Å². The minimum Gasteiger partial charge on any atom is -0.456 e. The highest BCUT2D eigenvalue weighted by Crippen LogP contribution is 2.48. The number of furan rings is 1. The zero-order chi connectivity index (χ0) is 34.4. The van der Waals surface area contributed by atoms with Gasteiger partial charge >= 0.3 is 0 Å². The zero-order valence-electron chi connectivity index (χ0n) is 29.9. The van der Waals surface area contributed by atoms with Crippen molar-refractivity contribution in [1.82, 2.24) is 0 Å². The van der Waals surface area contributed by atoms with Crippen molar-refractivity contribution in [2.75, 3.05) is 0 Å². The van der Waals surface area contributed by atoms with Gasteiger partial charge in [-0.3, -0.25) is 0 Å². The van der Waals surface area contributed by atoms with Gasteiger partial charge in [-0.25, -0.2) is 0 Å². The molecule has 0 spiro atoms. The fourth-order valence-electron chi connectivity index (χ4n) is 6.55. The van der Waals surface area contributed by atoms with Gasteiger partial charge in [0.05, 0.1) is 9.60 Å². The molecule has 9 aromatic rings. The summed E-state index contributed by atoms with van der Waals surface area (Å²) in [5.74, 6) is 0. The van der Waals surface area contributed by atoms with E-state index in [2.05, 4.69) is 48.5 Å². The van der Waals surface area contributed by atoms with Crippen molar-refractivity contribution < 1.29 is 14.0 Å². The van der Waals surface area contributed by atoms with E-state index < -0.39 is 12.1 Å². The Kier molecular flexibility index (Phi) is 3.95.